The lowest BCUT2D eigenvalue weighted by Crippen LogP contribution is -2.54. The van der Waals surface area contributed by atoms with E-state index in [4.69, 9.17) is 4.74 Å². The Balaban J connectivity index is 1.39. The number of nitrogens with one attached hydrogen (secondary N) is 1. The topological polar surface area (TPSA) is 95.9 Å². The lowest BCUT2D eigenvalue weighted by molar-refractivity contribution is -0.153. The summed E-state index contributed by atoms with van der Waals surface area (Å²) in [4.78, 5) is 39.3. The summed E-state index contributed by atoms with van der Waals surface area (Å²) >= 11 is 1.49. The highest BCUT2D eigenvalue weighted by molar-refractivity contribution is 8.00. The monoisotopic (exact) mass is 496 g/mol. The van der Waals surface area contributed by atoms with E-state index in [-0.39, 0.29) is 36.3 Å². The third-order valence-corrected chi connectivity index (χ3v) is 8.34. The number of hydrogen-bond donors (Lipinski definition) is 2. The second kappa shape index (κ2) is 9.93. The zero-order valence-electron chi connectivity index (χ0n) is 20.5. The SMILES string of the molecule is CC(C)C1SCC(C(=O)O)N1C(=O)C(C)(C)CNC(=O)OCC1c2ccccc2-c2ccccc21. The normalized spacial score (nSPS) is 19.4. The summed E-state index contributed by atoms with van der Waals surface area (Å²) in [5.41, 5.74) is 3.57. The summed E-state index contributed by atoms with van der Waals surface area (Å²) in [6.07, 6.45) is -0.598. The number of carboxylic acids is 1. The molecule has 1 fully saturated rings. The molecule has 2 unspecified atom stereocenters. The van der Waals surface area contributed by atoms with Gasteiger partial charge >= 0.3 is 12.1 Å². The molecule has 0 saturated carbocycles. The van der Waals surface area contributed by atoms with Gasteiger partial charge in [-0.2, -0.15) is 0 Å². The van der Waals surface area contributed by atoms with Crippen molar-refractivity contribution >= 4 is 29.7 Å². The highest BCUT2D eigenvalue weighted by atomic mass is 32.2. The highest BCUT2D eigenvalue weighted by Gasteiger charge is 2.47. The van der Waals surface area contributed by atoms with E-state index in [9.17, 15) is 19.5 Å². The molecule has 0 radical (unpaired) electrons. The molecule has 2 aliphatic rings. The molecular weight excluding hydrogens is 464 g/mol. The van der Waals surface area contributed by atoms with Crippen molar-refractivity contribution in [2.24, 2.45) is 11.3 Å². The van der Waals surface area contributed by atoms with Gasteiger partial charge in [-0.25, -0.2) is 9.59 Å². The van der Waals surface area contributed by atoms with E-state index in [1.165, 1.54) is 16.7 Å². The molecule has 7 nitrogen and oxygen atoms in total. The van der Waals surface area contributed by atoms with Crippen LogP contribution >= 0.6 is 11.8 Å². The molecule has 1 heterocycles. The molecule has 1 aliphatic carbocycles. The van der Waals surface area contributed by atoms with Crippen LogP contribution in [0.2, 0.25) is 0 Å². The Morgan fingerprint density at radius 2 is 1.66 bits per heavy atom. The number of rotatable bonds is 7. The molecule has 2 atom stereocenters. The number of fused-ring (bicyclic) bond motifs is 3. The number of alkyl carbamates (subject to hydrolysis) is 1. The van der Waals surface area contributed by atoms with E-state index in [0.29, 0.717) is 5.75 Å². The molecule has 8 heteroatoms. The molecule has 35 heavy (non-hydrogen) atoms. The molecule has 0 bridgehead atoms. The number of carboxylic acid groups (broad SMARTS) is 1. The highest BCUT2D eigenvalue weighted by Crippen LogP contribution is 2.44. The summed E-state index contributed by atoms with van der Waals surface area (Å²) < 4.78 is 5.59. The molecule has 2 aromatic carbocycles. The first kappa shape index (κ1) is 25.1. The van der Waals surface area contributed by atoms with Crippen LogP contribution in [0.5, 0.6) is 0 Å². The Morgan fingerprint density at radius 1 is 1.09 bits per heavy atom. The molecule has 0 aromatic heterocycles. The van der Waals surface area contributed by atoms with Crippen molar-refractivity contribution in [3.05, 3.63) is 59.7 Å². The molecule has 2 amide bonds. The van der Waals surface area contributed by atoms with Gasteiger partial charge in [0.1, 0.15) is 12.6 Å². The molecule has 2 aromatic rings. The average molecular weight is 497 g/mol. The van der Waals surface area contributed by atoms with E-state index >= 15 is 0 Å². The Kier molecular flexibility index (Phi) is 7.12. The maximum absolute atomic E-state index is 13.4. The first-order valence-corrected chi connectivity index (χ1v) is 12.9. The van der Waals surface area contributed by atoms with Crippen molar-refractivity contribution in [2.75, 3.05) is 18.9 Å². The molecule has 4 rings (SSSR count). The largest absolute Gasteiger partial charge is 0.480 e. The van der Waals surface area contributed by atoms with Gasteiger partial charge < -0.3 is 20.1 Å². The quantitative estimate of drug-likeness (QED) is 0.583. The number of carbonyl (C=O) groups is 3. The minimum absolute atomic E-state index is 0.0425. The van der Waals surface area contributed by atoms with Crippen LogP contribution in [-0.2, 0) is 14.3 Å². The first-order valence-electron chi connectivity index (χ1n) is 11.9. The number of nitrogens with zero attached hydrogens (tertiary/aromatic N) is 1. The predicted molar refractivity (Wildman–Crippen MR) is 136 cm³/mol. The Hall–Kier alpha value is -3.00. The number of carbonyl (C=O) groups excluding carboxylic acids is 2. The summed E-state index contributed by atoms with van der Waals surface area (Å²) in [6.45, 7) is 7.62. The van der Waals surface area contributed by atoms with Crippen LogP contribution in [0.3, 0.4) is 0 Å². The van der Waals surface area contributed by atoms with Gasteiger partial charge in [-0.05, 0) is 42.0 Å². The second-order valence-electron chi connectivity index (χ2n) is 10.1. The number of benzene rings is 2. The Labute approximate surface area is 210 Å². The van der Waals surface area contributed by atoms with Gasteiger partial charge in [0.25, 0.3) is 0 Å². The fraction of sp³-hybridized carbons (Fsp3) is 0.444. The second-order valence-corrected chi connectivity index (χ2v) is 11.2. The van der Waals surface area contributed by atoms with Gasteiger partial charge in [-0.1, -0.05) is 62.4 Å². The third-order valence-electron chi connectivity index (χ3n) is 6.72. The minimum Gasteiger partial charge on any atom is -0.480 e. The van der Waals surface area contributed by atoms with Crippen molar-refractivity contribution in [1.29, 1.82) is 0 Å². The average Bonchev–Trinajstić information content (AvgIpc) is 3.41. The van der Waals surface area contributed by atoms with Gasteiger partial charge in [-0.15, -0.1) is 11.8 Å². The first-order chi connectivity index (χ1) is 16.6. The molecular formula is C27H32N2O5S. The fourth-order valence-electron chi connectivity index (χ4n) is 4.86. The molecule has 1 aliphatic heterocycles. The van der Waals surface area contributed by atoms with Crippen LogP contribution in [0.25, 0.3) is 11.1 Å². The maximum atomic E-state index is 13.4. The van der Waals surface area contributed by atoms with E-state index in [1.54, 1.807) is 13.8 Å². The summed E-state index contributed by atoms with van der Waals surface area (Å²) in [5, 5.41) is 12.1. The van der Waals surface area contributed by atoms with Gasteiger partial charge in [0.2, 0.25) is 5.91 Å². The van der Waals surface area contributed by atoms with Crippen LogP contribution in [-0.4, -0.2) is 58.3 Å². The van der Waals surface area contributed by atoms with Crippen molar-refractivity contribution in [3.63, 3.8) is 0 Å². The third kappa shape index (κ3) is 4.89. The lowest BCUT2D eigenvalue weighted by atomic mass is 9.90. The van der Waals surface area contributed by atoms with Crippen molar-refractivity contribution < 1.29 is 24.2 Å². The summed E-state index contributed by atoms with van der Waals surface area (Å²) in [5.74, 6) is -0.867. The van der Waals surface area contributed by atoms with Crippen LogP contribution in [0, 0.1) is 11.3 Å². The Bertz CT molecular complexity index is 1090. The van der Waals surface area contributed by atoms with Crippen LogP contribution in [0.1, 0.15) is 44.7 Å². The standard InChI is InChI=1S/C27H32N2O5S/c1-16(2)23-29(22(14-35-23)24(30)31)25(32)27(3,4)15-28-26(33)34-13-21-19-11-7-5-9-17(19)18-10-6-8-12-20(18)21/h5-12,16,21-23H,13-15H2,1-4H3,(H,28,33)(H,30,31). The van der Waals surface area contributed by atoms with E-state index in [0.717, 1.165) is 22.3 Å². The van der Waals surface area contributed by atoms with Crippen molar-refractivity contribution in [3.8, 4) is 11.1 Å². The van der Waals surface area contributed by atoms with Gasteiger partial charge in [-0.3, -0.25) is 4.79 Å². The number of thioether (sulfide) groups is 1. The van der Waals surface area contributed by atoms with Crippen LogP contribution < -0.4 is 5.32 Å². The number of aliphatic carboxylic acids is 1. The van der Waals surface area contributed by atoms with Crippen molar-refractivity contribution in [1.82, 2.24) is 10.2 Å². The number of hydrogen-bond acceptors (Lipinski definition) is 5. The van der Waals surface area contributed by atoms with E-state index in [2.05, 4.69) is 29.6 Å². The number of amides is 2. The van der Waals surface area contributed by atoms with Crippen LogP contribution in [0.4, 0.5) is 4.79 Å². The smallest absolute Gasteiger partial charge is 0.407 e. The van der Waals surface area contributed by atoms with E-state index < -0.39 is 23.5 Å². The summed E-state index contributed by atoms with van der Waals surface area (Å²) in [7, 11) is 0. The zero-order valence-corrected chi connectivity index (χ0v) is 21.3. The molecule has 0 spiro atoms. The predicted octanol–water partition coefficient (Wildman–Crippen LogP) is 4.56. The lowest BCUT2D eigenvalue weighted by Gasteiger charge is -2.36. The van der Waals surface area contributed by atoms with Gasteiger partial charge in [0, 0.05) is 18.2 Å². The molecule has 1 saturated heterocycles. The zero-order chi connectivity index (χ0) is 25.3. The molecule has 186 valence electrons. The van der Waals surface area contributed by atoms with Crippen molar-refractivity contribution in [2.45, 2.75) is 45.0 Å². The summed E-state index contributed by atoms with van der Waals surface area (Å²) in [6, 6.07) is 15.4. The maximum Gasteiger partial charge on any atom is 0.407 e. The fourth-order valence-corrected chi connectivity index (χ4v) is 6.33. The number of ether oxygens (including phenoxy) is 1. The van der Waals surface area contributed by atoms with Crippen LogP contribution in [0.15, 0.2) is 48.5 Å². The van der Waals surface area contributed by atoms with Gasteiger partial charge in [0.15, 0.2) is 0 Å². The van der Waals surface area contributed by atoms with E-state index in [1.807, 2.05) is 38.1 Å². The Morgan fingerprint density at radius 3 is 2.20 bits per heavy atom. The molecule has 2 N–H and O–H groups in total. The van der Waals surface area contributed by atoms with Gasteiger partial charge in [0.05, 0.1) is 10.8 Å². The minimum atomic E-state index is -1.01.